The normalized spacial score (nSPS) is 12.4. The van der Waals surface area contributed by atoms with Gasteiger partial charge >= 0.3 is 6.18 Å². The summed E-state index contributed by atoms with van der Waals surface area (Å²) >= 11 is 0. The number of carbonyl (C=O) groups excluding carboxylic acids is 1. The van der Waals surface area contributed by atoms with Gasteiger partial charge in [-0.2, -0.15) is 13.2 Å². The van der Waals surface area contributed by atoms with Crippen molar-refractivity contribution in [3.8, 4) is 5.75 Å². The first-order valence-corrected chi connectivity index (χ1v) is 9.66. The number of nitrogens with one attached hydrogen (secondary N) is 2. The van der Waals surface area contributed by atoms with E-state index < -0.39 is 11.7 Å². The Balaban J connectivity index is 1.78. The summed E-state index contributed by atoms with van der Waals surface area (Å²) in [4.78, 5) is 12.0. The summed E-state index contributed by atoms with van der Waals surface area (Å²) in [5.74, 6) is 0.640. The number of rotatable bonds is 10. The van der Waals surface area contributed by atoms with Crippen LogP contribution in [0.2, 0.25) is 0 Å². The van der Waals surface area contributed by atoms with E-state index in [9.17, 15) is 18.0 Å². The lowest BCUT2D eigenvalue weighted by Gasteiger charge is -2.15. The second kappa shape index (κ2) is 10.9. The zero-order chi connectivity index (χ0) is 21.3. The van der Waals surface area contributed by atoms with Crippen LogP contribution in [0.4, 0.5) is 13.2 Å². The van der Waals surface area contributed by atoms with Gasteiger partial charge in [-0.05, 0) is 55.3 Å². The molecule has 4 nitrogen and oxygen atoms in total. The molecule has 0 bridgehead atoms. The minimum atomic E-state index is -4.33. The van der Waals surface area contributed by atoms with Crippen LogP contribution < -0.4 is 15.4 Å². The van der Waals surface area contributed by atoms with Crippen LogP contribution in [0.5, 0.6) is 5.75 Å². The van der Waals surface area contributed by atoms with Crippen molar-refractivity contribution in [1.29, 1.82) is 0 Å². The molecule has 2 N–H and O–H groups in total. The number of carbonyl (C=O) groups is 1. The third kappa shape index (κ3) is 7.42. The fourth-order valence-electron chi connectivity index (χ4n) is 2.86. The topological polar surface area (TPSA) is 50.4 Å². The van der Waals surface area contributed by atoms with Crippen LogP contribution in [0.3, 0.4) is 0 Å². The number of amides is 1. The first kappa shape index (κ1) is 22.7. The monoisotopic (exact) mass is 408 g/mol. The van der Waals surface area contributed by atoms with Crippen LogP contribution in [0.25, 0.3) is 0 Å². The molecule has 0 radical (unpaired) electrons. The summed E-state index contributed by atoms with van der Waals surface area (Å²) in [7, 11) is 1.78. The van der Waals surface area contributed by atoms with E-state index >= 15 is 0 Å². The lowest BCUT2D eigenvalue weighted by atomic mass is 10.1. The fraction of sp³-hybridized carbons (Fsp3) is 0.409. The van der Waals surface area contributed by atoms with Crippen molar-refractivity contribution in [2.24, 2.45) is 0 Å². The SMILES string of the molecule is CCCC(NC)C(=O)NCCc1ccc(OCc2ccc(C(F)(F)F)cc2)cc1. The molecule has 7 heteroatoms. The molecular formula is C22H27F3N2O2. The second-order valence-electron chi connectivity index (χ2n) is 6.80. The lowest BCUT2D eigenvalue weighted by Crippen LogP contribution is -2.43. The van der Waals surface area contributed by atoms with Crippen molar-refractivity contribution in [2.75, 3.05) is 13.6 Å². The summed E-state index contributed by atoms with van der Waals surface area (Å²) in [6.45, 7) is 2.78. The van der Waals surface area contributed by atoms with Gasteiger partial charge in [0.25, 0.3) is 0 Å². The highest BCUT2D eigenvalue weighted by Gasteiger charge is 2.29. The highest BCUT2D eigenvalue weighted by molar-refractivity contribution is 5.81. The average molecular weight is 408 g/mol. The van der Waals surface area contributed by atoms with Crippen molar-refractivity contribution < 1.29 is 22.7 Å². The highest BCUT2D eigenvalue weighted by atomic mass is 19.4. The van der Waals surface area contributed by atoms with Crippen LogP contribution >= 0.6 is 0 Å². The van der Waals surface area contributed by atoms with Gasteiger partial charge in [0.1, 0.15) is 12.4 Å². The number of alkyl halides is 3. The Hall–Kier alpha value is -2.54. The van der Waals surface area contributed by atoms with Crippen LogP contribution in [-0.4, -0.2) is 25.5 Å². The van der Waals surface area contributed by atoms with E-state index in [1.165, 1.54) is 12.1 Å². The van der Waals surface area contributed by atoms with Gasteiger partial charge in [0.2, 0.25) is 5.91 Å². The molecule has 0 heterocycles. The number of hydrogen-bond acceptors (Lipinski definition) is 3. The maximum absolute atomic E-state index is 12.6. The van der Waals surface area contributed by atoms with Crippen LogP contribution in [-0.2, 0) is 24.0 Å². The molecule has 158 valence electrons. The number of benzene rings is 2. The zero-order valence-electron chi connectivity index (χ0n) is 16.7. The van der Waals surface area contributed by atoms with Gasteiger partial charge < -0.3 is 15.4 Å². The summed E-state index contributed by atoms with van der Waals surface area (Å²) in [5, 5.41) is 5.94. The zero-order valence-corrected chi connectivity index (χ0v) is 16.7. The fourth-order valence-corrected chi connectivity index (χ4v) is 2.86. The molecule has 0 aliphatic carbocycles. The van der Waals surface area contributed by atoms with Crippen molar-refractivity contribution in [1.82, 2.24) is 10.6 Å². The van der Waals surface area contributed by atoms with Gasteiger partial charge in [0.15, 0.2) is 0 Å². The Morgan fingerprint density at radius 3 is 2.21 bits per heavy atom. The maximum atomic E-state index is 12.6. The quantitative estimate of drug-likeness (QED) is 0.615. The molecule has 1 unspecified atom stereocenters. The number of hydrogen-bond donors (Lipinski definition) is 2. The molecular weight excluding hydrogens is 381 g/mol. The molecule has 2 aromatic rings. The average Bonchev–Trinajstić information content (AvgIpc) is 2.71. The van der Waals surface area contributed by atoms with Gasteiger partial charge in [0, 0.05) is 6.54 Å². The summed E-state index contributed by atoms with van der Waals surface area (Å²) in [6.07, 6.45) is -1.90. The number of halogens is 3. The van der Waals surface area contributed by atoms with Gasteiger partial charge in [-0.15, -0.1) is 0 Å². The predicted octanol–water partition coefficient (Wildman–Crippen LogP) is 4.33. The van der Waals surface area contributed by atoms with Crippen LogP contribution in [0, 0.1) is 0 Å². The lowest BCUT2D eigenvalue weighted by molar-refractivity contribution is -0.137. The Morgan fingerprint density at radius 1 is 1.03 bits per heavy atom. The largest absolute Gasteiger partial charge is 0.489 e. The third-order valence-electron chi connectivity index (χ3n) is 4.57. The maximum Gasteiger partial charge on any atom is 0.416 e. The van der Waals surface area contributed by atoms with Crippen LogP contribution in [0.15, 0.2) is 48.5 Å². The van der Waals surface area contributed by atoms with Gasteiger partial charge in [-0.3, -0.25) is 4.79 Å². The van der Waals surface area contributed by atoms with Gasteiger partial charge in [-0.1, -0.05) is 37.6 Å². The second-order valence-corrected chi connectivity index (χ2v) is 6.80. The standard InChI is InChI=1S/C22H27F3N2O2/c1-3-4-20(26-2)21(28)27-14-13-16-7-11-19(12-8-16)29-15-17-5-9-18(10-6-17)22(23,24)25/h5-12,20,26H,3-4,13-15H2,1-2H3,(H,27,28). The molecule has 0 spiro atoms. The molecule has 0 saturated heterocycles. The van der Waals surface area contributed by atoms with Gasteiger partial charge in [-0.25, -0.2) is 0 Å². The molecule has 1 atom stereocenters. The summed E-state index contributed by atoms with van der Waals surface area (Å²) < 4.78 is 43.4. The van der Waals surface area contributed by atoms with Crippen molar-refractivity contribution in [3.63, 3.8) is 0 Å². The Morgan fingerprint density at radius 2 is 1.66 bits per heavy atom. The van der Waals surface area contributed by atoms with E-state index in [1.54, 1.807) is 7.05 Å². The van der Waals surface area contributed by atoms with Crippen molar-refractivity contribution in [2.45, 2.75) is 45.0 Å². The van der Waals surface area contributed by atoms with E-state index in [-0.39, 0.29) is 18.6 Å². The van der Waals surface area contributed by atoms with Gasteiger partial charge in [0.05, 0.1) is 11.6 Å². The summed E-state index contributed by atoms with van der Waals surface area (Å²) in [6, 6.07) is 12.2. The molecule has 0 aliphatic rings. The van der Waals surface area contributed by atoms with Crippen LogP contribution in [0.1, 0.15) is 36.5 Å². The van der Waals surface area contributed by atoms with E-state index in [0.29, 0.717) is 24.3 Å². The smallest absolute Gasteiger partial charge is 0.416 e. The van der Waals surface area contributed by atoms with E-state index in [2.05, 4.69) is 10.6 Å². The molecule has 1 amide bonds. The molecule has 0 aromatic heterocycles. The Labute approximate surface area is 169 Å². The number of likely N-dealkylation sites (N-methyl/N-ethyl adjacent to an activating group) is 1. The molecule has 2 aromatic carbocycles. The minimum absolute atomic E-state index is 0.00541. The molecule has 2 rings (SSSR count). The number of ether oxygens (including phenoxy) is 1. The Kier molecular flexibility index (Phi) is 8.51. The third-order valence-corrected chi connectivity index (χ3v) is 4.57. The van der Waals surface area contributed by atoms with E-state index in [1.807, 2.05) is 31.2 Å². The summed E-state index contributed by atoms with van der Waals surface area (Å²) in [5.41, 5.74) is 1.05. The predicted molar refractivity (Wildman–Crippen MR) is 107 cm³/mol. The molecule has 29 heavy (non-hydrogen) atoms. The van der Waals surface area contributed by atoms with E-state index in [4.69, 9.17) is 4.74 Å². The van der Waals surface area contributed by atoms with E-state index in [0.717, 1.165) is 30.5 Å². The molecule has 0 aliphatic heterocycles. The molecule has 0 fully saturated rings. The van der Waals surface area contributed by atoms with Crippen molar-refractivity contribution >= 4 is 5.91 Å². The highest BCUT2D eigenvalue weighted by Crippen LogP contribution is 2.29. The Bertz CT molecular complexity index is 759. The first-order valence-electron chi connectivity index (χ1n) is 9.66. The molecule has 0 saturated carbocycles. The minimum Gasteiger partial charge on any atom is -0.489 e. The first-order chi connectivity index (χ1) is 13.8. The van der Waals surface area contributed by atoms with Crippen molar-refractivity contribution in [3.05, 3.63) is 65.2 Å².